The number of benzene rings is 1. The van der Waals surface area contributed by atoms with Crippen LogP contribution in [0.4, 0.5) is 0 Å². The van der Waals surface area contributed by atoms with Crippen molar-refractivity contribution >= 4 is 61.8 Å². The van der Waals surface area contributed by atoms with Crippen LogP contribution in [0, 0.1) is 0 Å². The van der Waals surface area contributed by atoms with Gasteiger partial charge in [0.1, 0.15) is 30.1 Å². The summed E-state index contributed by atoms with van der Waals surface area (Å²) in [6, 6.07) is 0. The summed E-state index contributed by atoms with van der Waals surface area (Å²) < 4.78 is 5.34. The van der Waals surface area contributed by atoms with Gasteiger partial charge in [-0.25, -0.2) is 4.79 Å². The normalized spacial score (nSPS) is 13.9. The molecule has 1 aromatic carbocycles. The Kier molecular flexibility index (Phi) is 2.26. The van der Waals surface area contributed by atoms with E-state index in [-0.39, 0.29) is 17.5 Å². The number of carbonyl (C=O) groups is 1. The van der Waals surface area contributed by atoms with Gasteiger partial charge in [0.25, 0.3) is 0 Å². The number of halogens is 1. The number of ether oxygens (including phenoxy) is 1. The van der Waals surface area contributed by atoms with Crippen molar-refractivity contribution in [1.29, 1.82) is 0 Å². The molecular formula is C8H2B3BrO2. The van der Waals surface area contributed by atoms with Gasteiger partial charge in [-0.2, -0.15) is 0 Å². The maximum atomic E-state index is 11.3. The summed E-state index contributed by atoms with van der Waals surface area (Å²) in [4.78, 5) is 11.3. The van der Waals surface area contributed by atoms with Gasteiger partial charge in [-0.3, -0.25) is 0 Å². The van der Waals surface area contributed by atoms with Crippen LogP contribution < -0.4 is 16.4 Å². The van der Waals surface area contributed by atoms with E-state index in [2.05, 4.69) is 15.9 Å². The fourth-order valence-corrected chi connectivity index (χ4v) is 1.87. The SMILES string of the molecule is [B]c1c([B])c2c(c([B])c1Br)COC2=O. The van der Waals surface area contributed by atoms with Gasteiger partial charge in [0, 0.05) is 4.47 Å². The number of hydrogen-bond acceptors (Lipinski definition) is 2. The fraction of sp³-hybridized carbons (Fsp3) is 0.125. The molecule has 0 atom stereocenters. The third-order valence-corrected chi connectivity index (χ3v) is 3.07. The molecule has 6 heteroatoms. The van der Waals surface area contributed by atoms with Crippen LogP contribution >= 0.6 is 15.9 Å². The lowest BCUT2D eigenvalue weighted by molar-refractivity contribution is 0.0536. The van der Waals surface area contributed by atoms with E-state index in [0.29, 0.717) is 21.1 Å². The maximum Gasteiger partial charge on any atom is 0.338 e. The number of cyclic esters (lactones) is 1. The quantitative estimate of drug-likeness (QED) is 0.409. The van der Waals surface area contributed by atoms with Crippen LogP contribution in [0.25, 0.3) is 0 Å². The molecule has 2 rings (SSSR count). The smallest absolute Gasteiger partial charge is 0.338 e. The summed E-state index contributed by atoms with van der Waals surface area (Å²) in [6.45, 7) is 0.156. The second kappa shape index (κ2) is 3.19. The first kappa shape index (κ1) is 9.90. The molecule has 0 aliphatic carbocycles. The van der Waals surface area contributed by atoms with Crippen LogP contribution in [0.5, 0.6) is 0 Å². The summed E-state index contributed by atoms with van der Waals surface area (Å²) in [5.74, 6) is -0.469. The van der Waals surface area contributed by atoms with E-state index in [0.717, 1.165) is 0 Å². The summed E-state index contributed by atoms with van der Waals surface area (Å²) in [5, 5.41) is 0. The largest absolute Gasteiger partial charge is 0.457 e. The summed E-state index contributed by atoms with van der Waals surface area (Å²) in [5.41, 5.74) is 1.82. The Balaban J connectivity index is 2.84. The topological polar surface area (TPSA) is 26.3 Å². The average Bonchev–Trinajstić information content (AvgIpc) is 2.54. The van der Waals surface area contributed by atoms with Crippen LogP contribution in [-0.2, 0) is 11.3 Å². The second-order valence-electron chi connectivity index (χ2n) is 2.98. The Morgan fingerprint density at radius 3 is 2.43 bits per heavy atom. The van der Waals surface area contributed by atoms with Crippen LogP contribution in [0.2, 0.25) is 0 Å². The van der Waals surface area contributed by atoms with Gasteiger partial charge in [0.15, 0.2) is 0 Å². The van der Waals surface area contributed by atoms with Crippen molar-refractivity contribution in [2.75, 3.05) is 0 Å². The van der Waals surface area contributed by atoms with Crippen LogP contribution in [-0.4, -0.2) is 29.5 Å². The van der Waals surface area contributed by atoms with Gasteiger partial charge < -0.3 is 4.74 Å². The number of fused-ring (bicyclic) bond motifs is 1. The van der Waals surface area contributed by atoms with Crippen molar-refractivity contribution in [3.63, 3.8) is 0 Å². The molecule has 62 valence electrons. The molecule has 1 heterocycles. The summed E-state index contributed by atoms with van der Waals surface area (Å²) in [6.07, 6.45) is 0. The predicted molar refractivity (Wildman–Crippen MR) is 59.4 cm³/mol. The number of esters is 1. The minimum atomic E-state index is -0.469. The van der Waals surface area contributed by atoms with Crippen LogP contribution in [0.1, 0.15) is 15.9 Å². The summed E-state index contributed by atoms with van der Waals surface area (Å²) in [7, 11) is 17.1. The zero-order valence-electron chi connectivity index (χ0n) is 7.13. The molecule has 2 nitrogen and oxygen atoms in total. The lowest BCUT2D eigenvalue weighted by Gasteiger charge is -2.12. The third kappa shape index (κ3) is 1.17. The van der Waals surface area contributed by atoms with Gasteiger partial charge in [-0.1, -0.05) is 32.3 Å². The molecule has 0 N–H and O–H groups in total. The van der Waals surface area contributed by atoms with E-state index in [1.54, 1.807) is 0 Å². The highest BCUT2D eigenvalue weighted by molar-refractivity contribution is 9.10. The minimum absolute atomic E-state index is 0.156. The zero-order chi connectivity index (χ0) is 10.5. The zero-order valence-corrected chi connectivity index (χ0v) is 8.72. The first-order chi connectivity index (χ1) is 6.54. The van der Waals surface area contributed by atoms with Crippen molar-refractivity contribution in [2.45, 2.75) is 6.61 Å². The molecule has 1 aliphatic rings. The first-order valence-corrected chi connectivity index (χ1v) is 4.65. The van der Waals surface area contributed by atoms with E-state index < -0.39 is 5.97 Å². The van der Waals surface area contributed by atoms with E-state index in [9.17, 15) is 4.79 Å². The van der Waals surface area contributed by atoms with Gasteiger partial charge in [-0.15, -0.1) is 0 Å². The van der Waals surface area contributed by atoms with Crippen LogP contribution in [0.15, 0.2) is 4.47 Å². The highest BCUT2D eigenvalue weighted by atomic mass is 79.9. The number of hydrogen-bond donors (Lipinski definition) is 0. The molecule has 0 aromatic heterocycles. The Labute approximate surface area is 93.8 Å². The highest BCUT2D eigenvalue weighted by Gasteiger charge is 2.26. The van der Waals surface area contributed by atoms with Gasteiger partial charge in [0.05, 0.1) is 5.56 Å². The van der Waals surface area contributed by atoms with Gasteiger partial charge in [-0.05, 0) is 5.56 Å². The lowest BCUT2D eigenvalue weighted by Crippen LogP contribution is -2.37. The minimum Gasteiger partial charge on any atom is -0.457 e. The van der Waals surface area contributed by atoms with Crippen molar-refractivity contribution in [3.8, 4) is 0 Å². The second-order valence-corrected chi connectivity index (χ2v) is 3.78. The van der Waals surface area contributed by atoms with Crippen LogP contribution in [0.3, 0.4) is 0 Å². The molecular weight excluding hydrogens is 240 g/mol. The number of carbonyl (C=O) groups excluding carboxylic acids is 1. The monoisotopic (exact) mass is 242 g/mol. The number of rotatable bonds is 0. The third-order valence-electron chi connectivity index (χ3n) is 2.21. The fourth-order valence-electron chi connectivity index (χ4n) is 1.42. The molecule has 6 radical (unpaired) electrons. The first-order valence-electron chi connectivity index (χ1n) is 3.86. The van der Waals surface area contributed by atoms with Gasteiger partial charge in [0.2, 0.25) is 0 Å². The molecule has 0 amide bonds. The Bertz CT molecular complexity index is 445. The molecule has 0 spiro atoms. The molecule has 1 aliphatic heterocycles. The standard InChI is InChI=1S/C8H2B3BrO2/c9-4-2-1-14-8(13)3(2)5(10)6(11)7(4)12/h1H2. The molecule has 0 fully saturated rings. The Hall–Kier alpha value is -0.635. The van der Waals surface area contributed by atoms with E-state index in [4.69, 9.17) is 28.3 Å². The molecule has 0 saturated heterocycles. The molecule has 14 heavy (non-hydrogen) atoms. The molecule has 0 unspecified atom stereocenters. The maximum absolute atomic E-state index is 11.3. The average molecular weight is 242 g/mol. The van der Waals surface area contributed by atoms with E-state index in [1.165, 1.54) is 0 Å². The highest BCUT2D eigenvalue weighted by Crippen LogP contribution is 2.17. The van der Waals surface area contributed by atoms with Crippen molar-refractivity contribution in [3.05, 3.63) is 15.6 Å². The van der Waals surface area contributed by atoms with Gasteiger partial charge >= 0.3 is 5.97 Å². The van der Waals surface area contributed by atoms with E-state index >= 15 is 0 Å². The van der Waals surface area contributed by atoms with Crippen molar-refractivity contribution in [1.82, 2.24) is 0 Å². The lowest BCUT2D eigenvalue weighted by atomic mass is 9.72. The Morgan fingerprint density at radius 1 is 1.14 bits per heavy atom. The van der Waals surface area contributed by atoms with E-state index in [1.807, 2.05) is 0 Å². The molecule has 0 bridgehead atoms. The van der Waals surface area contributed by atoms with Crippen molar-refractivity contribution < 1.29 is 9.53 Å². The Morgan fingerprint density at radius 2 is 1.79 bits per heavy atom. The molecule has 0 saturated carbocycles. The van der Waals surface area contributed by atoms with Crippen molar-refractivity contribution in [2.24, 2.45) is 0 Å². The predicted octanol–water partition coefficient (Wildman–Crippen LogP) is -1.50. The molecule has 1 aromatic rings. The summed E-state index contributed by atoms with van der Waals surface area (Å²) >= 11 is 3.21.